The predicted octanol–water partition coefficient (Wildman–Crippen LogP) is 4.79. The summed E-state index contributed by atoms with van der Waals surface area (Å²) < 4.78 is 34.7. The highest BCUT2D eigenvalue weighted by Crippen LogP contribution is 2.41. The lowest BCUT2D eigenvalue weighted by atomic mass is 9.99. The summed E-state index contributed by atoms with van der Waals surface area (Å²) in [5, 5.41) is 9.07. The van der Waals surface area contributed by atoms with Crippen molar-refractivity contribution in [2.45, 2.75) is 37.7 Å². The standard InChI is InChI=1S/C25H25NO5S/c1-17-6-5-8-21(14-17)32(29,30)26-16-20(11-13-25(27)28)31-24-12-10-19(15-23(24)26)22-9-4-3-7-18(22)2/h3-10,12,14-15,20H,11,13,16H2,1-2H3,(H,27,28)/t20-/m0/s1. The van der Waals surface area contributed by atoms with Crippen LogP contribution in [0.4, 0.5) is 5.69 Å². The third-order valence-electron chi connectivity index (χ3n) is 5.60. The fourth-order valence-electron chi connectivity index (χ4n) is 3.94. The van der Waals surface area contributed by atoms with Gasteiger partial charge in [0.05, 0.1) is 17.1 Å². The van der Waals surface area contributed by atoms with E-state index in [1.54, 1.807) is 24.3 Å². The van der Waals surface area contributed by atoms with E-state index in [2.05, 4.69) is 0 Å². The van der Waals surface area contributed by atoms with Crippen LogP contribution < -0.4 is 9.04 Å². The van der Waals surface area contributed by atoms with Gasteiger partial charge in [0.2, 0.25) is 0 Å². The van der Waals surface area contributed by atoms with Crippen molar-refractivity contribution < 1.29 is 23.1 Å². The zero-order valence-corrected chi connectivity index (χ0v) is 18.8. The van der Waals surface area contributed by atoms with Crippen molar-refractivity contribution in [2.24, 2.45) is 0 Å². The lowest BCUT2D eigenvalue weighted by Crippen LogP contribution is -2.43. The Morgan fingerprint density at radius 1 is 1.06 bits per heavy atom. The number of sulfonamides is 1. The van der Waals surface area contributed by atoms with Gasteiger partial charge in [-0.2, -0.15) is 0 Å². The second kappa shape index (κ2) is 8.67. The number of hydrogen-bond acceptors (Lipinski definition) is 4. The molecule has 1 N–H and O–H groups in total. The Kier molecular flexibility index (Phi) is 5.93. The molecule has 0 amide bonds. The van der Waals surface area contributed by atoms with E-state index in [9.17, 15) is 13.2 Å². The molecule has 0 saturated carbocycles. The molecule has 6 nitrogen and oxygen atoms in total. The third kappa shape index (κ3) is 4.34. The largest absolute Gasteiger partial charge is 0.486 e. The van der Waals surface area contributed by atoms with E-state index in [1.807, 2.05) is 56.3 Å². The molecule has 0 radical (unpaired) electrons. The molecular weight excluding hydrogens is 426 g/mol. The summed E-state index contributed by atoms with van der Waals surface area (Å²) >= 11 is 0. The minimum Gasteiger partial charge on any atom is -0.486 e. The number of aliphatic carboxylic acids is 1. The fraction of sp³-hybridized carbons (Fsp3) is 0.240. The first kappa shape index (κ1) is 21.9. The van der Waals surface area contributed by atoms with Crippen molar-refractivity contribution in [2.75, 3.05) is 10.8 Å². The number of carboxylic acid groups (broad SMARTS) is 1. The van der Waals surface area contributed by atoms with Crippen LogP contribution in [0.15, 0.2) is 71.6 Å². The van der Waals surface area contributed by atoms with Crippen LogP contribution in [0.2, 0.25) is 0 Å². The summed E-state index contributed by atoms with van der Waals surface area (Å²) in [5.41, 5.74) is 4.28. The molecule has 4 rings (SSSR count). The van der Waals surface area contributed by atoms with Gasteiger partial charge < -0.3 is 9.84 Å². The molecule has 0 saturated heterocycles. The van der Waals surface area contributed by atoms with E-state index in [4.69, 9.17) is 9.84 Å². The van der Waals surface area contributed by atoms with Gasteiger partial charge in [0.1, 0.15) is 11.9 Å². The van der Waals surface area contributed by atoms with Gasteiger partial charge in [0, 0.05) is 6.42 Å². The molecule has 0 aromatic heterocycles. The number of rotatable bonds is 6. The SMILES string of the molecule is Cc1cccc(S(=O)(=O)N2C[C@H](CCC(=O)O)Oc3ccc(-c4ccccc4C)cc32)c1. The average Bonchev–Trinajstić information content (AvgIpc) is 2.77. The van der Waals surface area contributed by atoms with Crippen LogP contribution in [0.1, 0.15) is 24.0 Å². The van der Waals surface area contributed by atoms with E-state index >= 15 is 0 Å². The minimum atomic E-state index is -3.87. The monoisotopic (exact) mass is 451 g/mol. The summed E-state index contributed by atoms with van der Waals surface area (Å²) in [4.78, 5) is 11.3. The van der Waals surface area contributed by atoms with Gasteiger partial charge >= 0.3 is 5.97 Å². The Morgan fingerprint density at radius 3 is 2.56 bits per heavy atom. The highest BCUT2D eigenvalue weighted by Gasteiger charge is 2.35. The minimum absolute atomic E-state index is 0.0494. The molecule has 3 aromatic rings. The number of aryl methyl sites for hydroxylation is 2. The molecule has 0 unspecified atom stereocenters. The van der Waals surface area contributed by atoms with Crippen molar-refractivity contribution in [1.29, 1.82) is 0 Å². The molecule has 0 aliphatic carbocycles. The summed E-state index contributed by atoms with van der Waals surface area (Å²) in [6.45, 7) is 3.90. The molecule has 32 heavy (non-hydrogen) atoms. The summed E-state index contributed by atoms with van der Waals surface area (Å²) in [6, 6.07) is 20.2. The van der Waals surface area contributed by atoms with Gasteiger partial charge in [-0.3, -0.25) is 9.10 Å². The normalized spacial score (nSPS) is 15.7. The van der Waals surface area contributed by atoms with E-state index in [1.165, 1.54) is 4.31 Å². The van der Waals surface area contributed by atoms with Crippen LogP contribution in [-0.2, 0) is 14.8 Å². The third-order valence-corrected chi connectivity index (χ3v) is 7.38. The van der Waals surface area contributed by atoms with Crippen LogP contribution in [0.5, 0.6) is 5.75 Å². The molecule has 0 spiro atoms. The van der Waals surface area contributed by atoms with Crippen LogP contribution in [0.3, 0.4) is 0 Å². The number of ether oxygens (including phenoxy) is 1. The van der Waals surface area contributed by atoms with Crippen molar-refractivity contribution in [3.63, 3.8) is 0 Å². The summed E-state index contributed by atoms with van der Waals surface area (Å²) in [6.07, 6.45) is -0.434. The summed E-state index contributed by atoms with van der Waals surface area (Å²) in [7, 11) is -3.87. The van der Waals surface area contributed by atoms with Gasteiger partial charge in [0.25, 0.3) is 10.0 Å². The number of anilines is 1. The Bertz CT molecular complexity index is 1270. The predicted molar refractivity (Wildman–Crippen MR) is 124 cm³/mol. The second-order valence-electron chi connectivity index (χ2n) is 8.02. The maximum Gasteiger partial charge on any atom is 0.303 e. The Hall–Kier alpha value is -3.32. The highest BCUT2D eigenvalue weighted by atomic mass is 32.2. The first-order valence-corrected chi connectivity index (χ1v) is 11.9. The van der Waals surface area contributed by atoms with Crippen LogP contribution >= 0.6 is 0 Å². The van der Waals surface area contributed by atoms with Crippen LogP contribution in [0, 0.1) is 13.8 Å². The molecule has 1 atom stereocenters. The quantitative estimate of drug-likeness (QED) is 0.582. The molecule has 0 bridgehead atoms. The molecule has 3 aromatic carbocycles. The van der Waals surface area contributed by atoms with Crippen molar-refractivity contribution in [3.05, 3.63) is 77.9 Å². The maximum absolute atomic E-state index is 13.7. The smallest absolute Gasteiger partial charge is 0.303 e. The van der Waals surface area contributed by atoms with Gasteiger partial charge in [-0.25, -0.2) is 8.42 Å². The molecule has 1 aliphatic rings. The molecule has 1 heterocycles. The number of nitrogens with zero attached hydrogens (tertiary/aromatic N) is 1. The first-order valence-electron chi connectivity index (χ1n) is 10.4. The average molecular weight is 452 g/mol. The molecule has 1 aliphatic heterocycles. The highest BCUT2D eigenvalue weighted by molar-refractivity contribution is 7.92. The lowest BCUT2D eigenvalue weighted by Gasteiger charge is -2.36. The number of benzene rings is 3. The van der Waals surface area contributed by atoms with Gasteiger partial charge in [-0.15, -0.1) is 0 Å². The fourth-order valence-corrected chi connectivity index (χ4v) is 5.55. The summed E-state index contributed by atoms with van der Waals surface area (Å²) in [5.74, 6) is -0.511. The van der Waals surface area contributed by atoms with Crippen molar-refractivity contribution >= 4 is 21.7 Å². The van der Waals surface area contributed by atoms with Crippen molar-refractivity contribution in [1.82, 2.24) is 0 Å². The Morgan fingerprint density at radius 2 is 1.84 bits per heavy atom. The van der Waals surface area contributed by atoms with E-state index in [-0.39, 0.29) is 24.3 Å². The number of fused-ring (bicyclic) bond motifs is 1. The molecule has 0 fully saturated rings. The zero-order valence-electron chi connectivity index (χ0n) is 18.0. The van der Waals surface area contributed by atoms with Gasteiger partial charge in [-0.05, 0) is 66.8 Å². The Balaban J connectivity index is 1.81. The zero-order chi connectivity index (χ0) is 22.9. The maximum atomic E-state index is 13.7. The topological polar surface area (TPSA) is 83.9 Å². The van der Waals surface area contributed by atoms with E-state index in [0.29, 0.717) is 11.4 Å². The molecule has 166 valence electrons. The van der Waals surface area contributed by atoms with Crippen molar-refractivity contribution in [3.8, 4) is 16.9 Å². The number of hydrogen-bond donors (Lipinski definition) is 1. The molecule has 7 heteroatoms. The Labute approximate surface area is 188 Å². The number of carbonyl (C=O) groups is 1. The van der Waals surface area contributed by atoms with Crippen LogP contribution in [-0.4, -0.2) is 32.1 Å². The van der Waals surface area contributed by atoms with Crippen LogP contribution in [0.25, 0.3) is 11.1 Å². The first-order chi connectivity index (χ1) is 15.3. The van der Waals surface area contributed by atoms with E-state index < -0.39 is 22.1 Å². The van der Waals surface area contributed by atoms with Gasteiger partial charge in [0.15, 0.2) is 0 Å². The lowest BCUT2D eigenvalue weighted by molar-refractivity contribution is -0.137. The second-order valence-corrected chi connectivity index (χ2v) is 9.88. The number of carboxylic acids is 1. The van der Waals surface area contributed by atoms with E-state index in [0.717, 1.165) is 22.3 Å². The van der Waals surface area contributed by atoms with Gasteiger partial charge in [-0.1, -0.05) is 42.5 Å². The molecular formula is C25H25NO5S.